The van der Waals surface area contributed by atoms with Crippen molar-refractivity contribution in [3.8, 4) is 0 Å². The Kier molecular flexibility index (Phi) is 3.13. The van der Waals surface area contributed by atoms with E-state index in [1.165, 1.54) is 0 Å². The number of carbonyl (C=O) groups excluding carboxylic acids is 1. The Morgan fingerprint density at radius 3 is 2.64 bits per heavy atom. The molecule has 0 spiro atoms. The zero-order valence-electron chi connectivity index (χ0n) is 7.88. The van der Waals surface area contributed by atoms with Crippen LogP contribution in [0, 0.1) is 5.92 Å². The summed E-state index contributed by atoms with van der Waals surface area (Å²) >= 11 is 0. The Hall–Kier alpha value is -0.660. The lowest BCUT2D eigenvalue weighted by Crippen LogP contribution is -2.41. The van der Waals surface area contributed by atoms with Crippen LogP contribution in [0.4, 0.5) is 0 Å². The SMILES string of the molecule is CC1CN(CC(O)C(N)=O)S(=O)(=O)C1. The Morgan fingerprint density at radius 1 is 1.71 bits per heavy atom. The molecule has 1 aliphatic heterocycles. The molecule has 0 radical (unpaired) electrons. The number of nitrogens with two attached hydrogens (primary N) is 1. The molecule has 0 aliphatic carbocycles. The predicted octanol–water partition coefficient (Wildman–Crippen LogP) is -1.89. The average molecular weight is 222 g/mol. The van der Waals surface area contributed by atoms with Crippen molar-refractivity contribution in [2.75, 3.05) is 18.8 Å². The number of aliphatic hydroxyl groups excluding tert-OH is 1. The standard InChI is InChI=1S/C7H14N2O4S/c1-5-2-9(14(12,13)4-5)3-6(10)7(8)11/h5-6,10H,2-4H2,1H3,(H2,8,11). The third-order valence-electron chi connectivity index (χ3n) is 2.11. The number of aliphatic hydroxyl groups is 1. The number of rotatable bonds is 3. The fourth-order valence-corrected chi connectivity index (χ4v) is 3.34. The summed E-state index contributed by atoms with van der Waals surface area (Å²) in [7, 11) is -3.30. The highest BCUT2D eigenvalue weighted by atomic mass is 32.2. The van der Waals surface area contributed by atoms with E-state index >= 15 is 0 Å². The normalized spacial score (nSPS) is 28.9. The van der Waals surface area contributed by atoms with E-state index in [-0.39, 0.29) is 18.2 Å². The van der Waals surface area contributed by atoms with Crippen LogP contribution in [0.15, 0.2) is 0 Å². The minimum atomic E-state index is -3.30. The van der Waals surface area contributed by atoms with Gasteiger partial charge in [0.15, 0.2) is 0 Å². The molecule has 7 heteroatoms. The average Bonchev–Trinajstić information content (AvgIpc) is 2.24. The van der Waals surface area contributed by atoms with Crippen LogP contribution in [-0.2, 0) is 14.8 Å². The Labute approximate surface area is 82.7 Å². The molecule has 0 aromatic heterocycles. The smallest absolute Gasteiger partial charge is 0.247 e. The van der Waals surface area contributed by atoms with Gasteiger partial charge in [-0.1, -0.05) is 6.92 Å². The van der Waals surface area contributed by atoms with Crippen molar-refractivity contribution in [2.45, 2.75) is 13.0 Å². The lowest BCUT2D eigenvalue weighted by atomic mass is 10.2. The first-order valence-corrected chi connectivity index (χ1v) is 5.89. The second-order valence-electron chi connectivity index (χ2n) is 3.62. The molecule has 6 nitrogen and oxygen atoms in total. The molecule has 3 N–H and O–H groups in total. The van der Waals surface area contributed by atoms with Crippen molar-refractivity contribution >= 4 is 15.9 Å². The van der Waals surface area contributed by atoms with Crippen LogP contribution >= 0.6 is 0 Å². The van der Waals surface area contributed by atoms with Gasteiger partial charge in [0, 0.05) is 13.1 Å². The Bertz CT molecular complexity index is 327. The number of hydrogen-bond acceptors (Lipinski definition) is 4. The van der Waals surface area contributed by atoms with E-state index in [9.17, 15) is 13.2 Å². The first-order valence-electron chi connectivity index (χ1n) is 4.28. The van der Waals surface area contributed by atoms with Gasteiger partial charge in [0.05, 0.1) is 5.75 Å². The van der Waals surface area contributed by atoms with Gasteiger partial charge in [-0.25, -0.2) is 8.42 Å². The lowest BCUT2D eigenvalue weighted by Gasteiger charge is -2.16. The van der Waals surface area contributed by atoms with Gasteiger partial charge in [-0.05, 0) is 5.92 Å². The number of amides is 1. The highest BCUT2D eigenvalue weighted by Crippen LogP contribution is 2.18. The molecule has 1 heterocycles. The maximum atomic E-state index is 11.4. The van der Waals surface area contributed by atoms with Crippen molar-refractivity contribution in [2.24, 2.45) is 11.7 Å². The first kappa shape index (κ1) is 11.4. The van der Waals surface area contributed by atoms with E-state index in [2.05, 4.69) is 0 Å². The molecule has 0 bridgehead atoms. The summed E-state index contributed by atoms with van der Waals surface area (Å²) in [4.78, 5) is 10.5. The summed E-state index contributed by atoms with van der Waals surface area (Å²) in [5.41, 5.74) is 4.83. The molecule has 2 unspecified atom stereocenters. The van der Waals surface area contributed by atoms with Gasteiger partial charge < -0.3 is 10.8 Å². The second kappa shape index (κ2) is 3.84. The number of hydrogen-bond donors (Lipinski definition) is 2. The molecule has 1 aliphatic rings. The van der Waals surface area contributed by atoms with E-state index in [1.807, 2.05) is 0 Å². The van der Waals surface area contributed by atoms with Crippen molar-refractivity contribution in [3.63, 3.8) is 0 Å². The molecule has 1 rings (SSSR count). The molecule has 1 amide bonds. The largest absolute Gasteiger partial charge is 0.382 e. The van der Waals surface area contributed by atoms with E-state index in [0.29, 0.717) is 6.54 Å². The van der Waals surface area contributed by atoms with Crippen LogP contribution in [0.3, 0.4) is 0 Å². The quantitative estimate of drug-likeness (QED) is 0.583. The van der Waals surface area contributed by atoms with E-state index in [1.54, 1.807) is 6.92 Å². The van der Waals surface area contributed by atoms with Gasteiger partial charge >= 0.3 is 0 Å². The molecule has 1 saturated heterocycles. The minimum Gasteiger partial charge on any atom is -0.382 e. The third-order valence-corrected chi connectivity index (χ3v) is 4.18. The van der Waals surface area contributed by atoms with Crippen LogP contribution in [-0.4, -0.2) is 48.7 Å². The topological polar surface area (TPSA) is 101 Å². The summed E-state index contributed by atoms with van der Waals surface area (Å²) < 4.78 is 23.9. The number of primary amides is 1. The summed E-state index contributed by atoms with van der Waals surface area (Å²) in [6.45, 7) is 1.91. The fraction of sp³-hybridized carbons (Fsp3) is 0.857. The molecular weight excluding hydrogens is 208 g/mol. The highest BCUT2D eigenvalue weighted by Gasteiger charge is 2.35. The predicted molar refractivity (Wildman–Crippen MR) is 49.7 cm³/mol. The van der Waals surface area contributed by atoms with Crippen molar-refractivity contribution in [3.05, 3.63) is 0 Å². The van der Waals surface area contributed by atoms with Gasteiger partial charge in [0.1, 0.15) is 6.10 Å². The van der Waals surface area contributed by atoms with Crippen molar-refractivity contribution in [1.29, 1.82) is 0 Å². The van der Waals surface area contributed by atoms with Crippen LogP contribution in [0.25, 0.3) is 0 Å². The first-order chi connectivity index (χ1) is 6.33. The monoisotopic (exact) mass is 222 g/mol. The molecule has 0 saturated carbocycles. The van der Waals surface area contributed by atoms with E-state index in [4.69, 9.17) is 10.8 Å². The maximum Gasteiger partial charge on any atom is 0.247 e. The van der Waals surface area contributed by atoms with Gasteiger partial charge in [0.25, 0.3) is 0 Å². The number of β-amino-alcohol motifs (C(OH)–C–C–N with tert-alkyl or cyclic N) is 1. The van der Waals surface area contributed by atoms with Crippen molar-refractivity contribution < 1.29 is 18.3 Å². The molecule has 0 aromatic carbocycles. The summed E-state index contributed by atoms with van der Waals surface area (Å²) in [6.07, 6.45) is -1.42. The zero-order valence-corrected chi connectivity index (χ0v) is 8.70. The highest BCUT2D eigenvalue weighted by molar-refractivity contribution is 7.89. The van der Waals surface area contributed by atoms with Crippen molar-refractivity contribution in [1.82, 2.24) is 4.31 Å². The molecule has 14 heavy (non-hydrogen) atoms. The second-order valence-corrected chi connectivity index (χ2v) is 5.63. The number of nitrogens with zero attached hydrogens (tertiary/aromatic N) is 1. The molecule has 82 valence electrons. The molecule has 0 aromatic rings. The van der Waals surface area contributed by atoms with E-state index in [0.717, 1.165) is 4.31 Å². The fourth-order valence-electron chi connectivity index (χ4n) is 1.45. The molecule has 1 fully saturated rings. The number of carbonyl (C=O) groups is 1. The summed E-state index contributed by atoms with van der Waals surface area (Å²) in [5.74, 6) is -0.807. The van der Waals surface area contributed by atoms with Crippen LogP contribution in [0.5, 0.6) is 0 Å². The summed E-state index contributed by atoms with van der Waals surface area (Å²) in [5, 5.41) is 9.12. The Morgan fingerprint density at radius 2 is 2.29 bits per heavy atom. The molecule has 2 atom stereocenters. The Balaban J connectivity index is 2.66. The van der Waals surface area contributed by atoms with Crippen LogP contribution < -0.4 is 5.73 Å². The van der Waals surface area contributed by atoms with Crippen LogP contribution in [0.1, 0.15) is 6.92 Å². The lowest BCUT2D eigenvalue weighted by molar-refractivity contribution is -0.126. The van der Waals surface area contributed by atoms with Gasteiger partial charge in [-0.15, -0.1) is 0 Å². The van der Waals surface area contributed by atoms with E-state index < -0.39 is 22.0 Å². The van der Waals surface area contributed by atoms with Gasteiger partial charge in [-0.3, -0.25) is 4.79 Å². The zero-order chi connectivity index (χ0) is 10.9. The van der Waals surface area contributed by atoms with Gasteiger partial charge in [0.2, 0.25) is 15.9 Å². The summed E-state index contributed by atoms with van der Waals surface area (Å²) in [6, 6.07) is 0. The molecular formula is C7H14N2O4S. The van der Waals surface area contributed by atoms with Crippen LogP contribution in [0.2, 0.25) is 0 Å². The third kappa shape index (κ3) is 2.43. The van der Waals surface area contributed by atoms with Gasteiger partial charge in [-0.2, -0.15) is 4.31 Å². The number of sulfonamides is 1. The maximum absolute atomic E-state index is 11.4. The minimum absolute atomic E-state index is 0.0278.